The first kappa shape index (κ1) is 12.0. The Kier molecular flexibility index (Phi) is 3.07. The highest BCUT2D eigenvalue weighted by Crippen LogP contribution is 2.30. The highest BCUT2D eigenvalue weighted by atomic mass is 16.4. The van der Waals surface area contributed by atoms with Crippen LogP contribution in [0.1, 0.15) is 19.3 Å². The van der Waals surface area contributed by atoms with Crippen LogP contribution < -0.4 is 5.32 Å². The molecule has 1 aromatic heterocycles. The molecule has 1 aliphatic carbocycles. The molecule has 2 unspecified atom stereocenters. The topological polar surface area (TPSA) is 62.2 Å². The van der Waals surface area contributed by atoms with Gasteiger partial charge >= 0.3 is 5.97 Å². The Morgan fingerprint density at radius 2 is 2.11 bits per heavy atom. The number of aromatic nitrogens is 1. The van der Waals surface area contributed by atoms with Crippen LogP contribution >= 0.6 is 0 Å². The zero-order valence-electron chi connectivity index (χ0n) is 10.5. The Morgan fingerprint density at radius 3 is 2.89 bits per heavy atom. The summed E-state index contributed by atoms with van der Waals surface area (Å²) in [6.07, 6.45) is 4.16. The minimum atomic E-state index is -0.677. The van der Waals surface area contributed by atoms with Crippen molar-refractivity contribution in [3.63, 3.8) is 0 Å². The maximum atomic E-state index is 11.0. The van der Waals surface area contributed by atoms with Gasteiger partial charge in [-0.05, 0) is 31.4 Å². The molecule has 1 heterocycles. The van der Waals surface area contributed by atoms with E-state index in [0.29, 0.717) is 6.42 Å². The molecule has 1 fully saturated rings. The van der Waals surface area contributed by atoms with Crippen LogP contribution in [0.15, 0.2) is 36.5 Å². The molecule has 4 heteroatoms. The third-order valence-corrected chi connectivity index (χ3v) is 3.79. The van der Waals surface area contributed by atoms with Crippen molar-refractivity contribution in [3.8, 4) is 0 Å². The number of carboxylic acids is 1. The summed E-state index contributed by atoms with van der Waals surface area (Å²) < 4.78 is 0. The van der Waals surface area contributed by atoms with Crippen molar-refractivity contribution < 1.29 is 9.90 Å². The van der Waals surface area contributed by atoms with Crippen molar-refractivity contribution in [1.29, 1.82) is 0 Å². The fourth-order valence-corrected chi connectivity index (χ4v) is 2.78. The SMILES string of the molecule is O=C(O)C1CCC(Nc2ccnc3ccccc23)C1. The number of nitrogens with zero attached hydrogens (tertiary/aromatic N) is 1. The van der Waals surface area contributed by atoms with Crippen LogP contribution in [-0.2, 0) is 4.79 Å². The third-order valence-electron chi connectivity index (χ3n) is 3.79. The first-order valence-corrected chi connectivity index (χ1v) is 6.57. The van der Waals surface area contributed by atoms with Crippen molar-refractivity contribution in [1.82, 2.24) is 4.98 Å². The number of anilines is 1. The summed E-state index contributed by atoms with van der Waals surface area (Å²) in [4.78, 5) is 15.3. The maximum absolute atomic E-state index is 11.0. The molecule has 2 aromatic rings. The van der Waals surface area contributed by atoms with Gasteiger partial charge in [0, 0.05) is 23.3 Å². The van der Waals surface area contributed by atoms with Crippen LogP contribution in [0.25, 0.3) is 10.9 Å². The lowest BCUT2D eigenvalue weighted by molar-refractivity contribution is -0.141. The third kappa shape index (κ3) is 2.38. The van der Waals surface area contributed by atoms with Crippen LogP contribution in [0.5, 0.6) is 0 Å². The van der Waals surface area contributed by atoms with Crippen molar-refractivity contribution in [2.24, 2.45) is 5.92 Å². The molecule has 0 spiro atoms. The second-order valence-corrected chi connectivity index (χ2v) is 5.07. The number of carbonyl (C=O) groups is 1. The van der Waals surface area contributed by atoms with Gasteiger partial charge in [-0.25, -0.2) is 0 Å². The zero-order valence-corrected chi connectivity index (χ0v) is 10.5. The van der Waals surface area contributed by atoms with E-state index in [9.17, 15) is 4.79 Å². The minimum Gasteiger partial charge on any atom is -0.481 e. The molecular formula is C15H16N2O2. The lowest BCUT2D eigenvalue weighted by Crippen LogP contribution is -2.18. The summed E-state index contributed by atoms with van der Waals surface area (Å²) in [5.41, 5.74) is 2.00. The van der Waals surface area contributed by atoms with Gasteiger partial charge in [0.2, 0.25) is 0 Å². The average Bonchev–Trinajstić information content (AvgIpc) is 2.88. The molecule has 2 N–H and O–H groups in total. The monoisotopic (exact) mass is 256 g/mol. The molecule has 4 nitrogen and oxygen atoms in total. The Labute approximate surface area is 111 Å². The van der Waals surface area contributed by atoms with Crippen molar-refractivity contribution >= 4 is 22.6 Å². The number of para-hydroxylation sites is 1. The lowest BCUT2D eigenvalue weighted by atomic mass is 10.1. The fraction of sp³-hybridized carbons (Fsp3) is 0.333. The predicted molar refractivity (Wildman–Crippen MR) is 74.1 cm³/mol. The van der Waals surface area contributed by atoms with Crippen molar-refractivity contribution in [2.45, 2.75) is 25.3 Å². The Bertz CT molecular complexity index is 607. The minimum absolute atomic E-state index is 0.203. The lowest BCUT2D eigenvalue weighted by Gasteiger charge is -2.15. The van der Waals surface area contributed by atoms with E-state index in [0.717, 1.165) is 29.4 Å². The summed E-state index contributed by atoms with van der Waals surface area (Å²) >= 11 is 0. The maximum Gasteiger partial charge on any atom is 0.306 e. The van der Waals surface area contributed by atoms with Crippen LogP contribution in [0.4, 0.5) is 5.69 Å². The Balaban J connectivity index is 1.81. The summed E-state index contributed by atoms with van der Waals surface area (Å²) in [6.45, 7) is 0. The van der Waals surface area contributed by atoms with Crippen LogP contribution in [0, 0.1) is 5.92 Å². The molecule has 0 radical (unpaired) electrons. The van der Waals surface area contributed by atoms with E-state index in [-0.39, 0.29) is 12.0 Å². The van der Waals surface area contributed by atoms with Gasteiger partial charge < -0.3 is 10.4 Å². The quantitative estimate of drug-likeness (QED) is 0.886. The molecule has 3 rings (SSSR count). The number of rotatable bonds is 3. The summed E-state index contributed by atoms with van der Waals surface area (Å²) in [7, 11) is 0. The molecule has 1 saturated carbocycles. The second-order valence-electron chi connectivity index (χ2n) is 5.07. The molecule has 1 aromatic carbocycles. The van der Waals surface area contributed by atoms with Gasteiger partial charge in [-0.3, -0.25) is 9.78 Å². The summed E-state index contributed by atoms with van der Waals surface area (Å²) in [6, 6.07) is 10.2. The average molecular weight is 256 g/mol. The van der Waals surface area contributed by atoms with Gasteiger partial charge in [0.1, 0.15) is 0 Å². The number of aliphatic carboxylic acids is 1. The van der Waals surface area contributed by atoms with E-state index < -0.39 is 5.97 Å². The first-order chi connectivity index (χ1) is 9.24. The van der Waals surface area contributed by atoms with Gasteiger partial charge in [0.15, 0.2) is 0 Å². The number of hydrogen-bond donors (Lipinski definition) is 2. The molecule has 19 heavy (non-hydrogen) atoms. The van der Waals surface area contributed by atoms with Crippen LogP contribution in [0.3, 0.4) is 0 Å². The van der Waals surface area contributed by atoms with E-state index in [2.05, 4.69) is 10.3 Å². The molecule has 0 saturated heterocycles. The van der Waals surface area contributed by atoms with Crippen LogP contribution in [0.2, 0.25) is 0 Å². The summed E-state index contributed by atoms with van der Waals surface area (Å²) in [5, 5.41) is 13.6. The number of hydrogen-bond acceptors (Lipinski definition) is 3. The molecule has 98 valence electrons. The van der Waals surface area contributed by atoms with E-state index >= 15 is 0 Å². The van der Waals surface area contributed by atoms with E-state index in [1.807, 2.05) is 30.3 Å². The highest BCUT2D eigenvalue weighted by Gasteiger charge is 2.29. The first-order valence-electron chi connectivity index (χ1n) is 6.57. The molecular weight excluding hydrogens is 240 g/mol. The van der Waals surface area contributed by atoms with Crippen molar-refractivity contribution in [3.05, 3.63) is 36.5 Å². The van der Waals surface area contributed by atoms with Gasteiger partial charge in [-0.1, -0.05) is 18.2 Å². The highest BCUT2D eigenvalue weighted by molar-refractivity contribution is 5.91. The smallest absolute Gasteiger partial charge is 0.306 e. The number of nitrogens with one attached hydrogen (secondary N) is 1. The standard InChI is InChI=1S/C15H16N2O2/c18-15(19)10-5-6-11(9-10)17-14-7-8-16-13-4-2-1-3-12(13)14/h1-4,7-8,10-11H,5-6,9H2,(H,16,17)(H,18,19). The number of benzene rings is 1. The fourth-order valence-electron chi connectivity index (χ4n) is 2.78. The molecule has 1 aliphatic rings. The normalized spacial score (nSPS) is 22.5. The van der Waals surface area contributed by atoms with Crippen LogP contribution in [-0.4, -0.2) is 22.1 Å². The summed E-state index contributed by atoms with van der Waals surface area (Å²) in [5.74, 6) is -0.880. The Hall–Kier alpha value is -2.10. The van der Waals surface area contributed by atoms with Crippen molar-refractivity contribution in [2.75, 3.05) is 5.32 Å². The second kappa shape index (κ2) is 4.88. The van der Waals surface area contributed by atoms with Gasteiger partial charge in [-0.15, -0.1) is 0 Å². The van der Waals surface area contributed by atoms with Gasteiger partial charge in [-0.2, -0.15) is 0 Å². The van der Waals surface area contributed by atoms with Gasteiger partial charge in [0.05, 0.1) is 11.4 Å². The predicted octanol–water partition coefficient (Wildman–Crippen LogP) is 2.90. The number of pyridine rings is 1. The van der Waals surface area contributed by atoms with E-state index in [1.165, 1.54) is 0 Å². The Morgan fingerprint density at radius 1 is 1.26 bits per heavy atom. The van der Waals surface area contributed by atoms with Gasteiger partial charge in [0.25, 0.3) is 0 Å². The largest absolute Gasteiger partial charge is 0.481 e. The molecule has 0 aliphatic heterocycles. The van der Waals surface area contributed by atoms with E-state index in [1.54, 1.807) is 6.20 Å². The zero-order chi connectivity index (χ0) is 13.2. The molecule has 0 amide bonds. The molecule has 0 bridgehead atoms. The van der Waals surface area contributed by atoms with E-state index in [4.69, 9.17) is 5.11 Å². The molecule has 2 atom stereocenters. The number of fused-ring (bicyclic) bond motifs is 1. The number of carboxylic acid groups (broad SMARTS) is 1.